The van der Waals surface area contributed by atoms with Crippen LogP contribution in [0.2, 0.25) is 0 Å². The van der Waals surface area contributed by atoms with E-state index in [1.54, 1.807) is 0 Å². The topological polar surface area (TPSA) is 61.1 Å². The number of anilines is 1. The molecule has 2 aliphatic rings. The Hall–Kier alpha value is -1.45. The largest absolute Gasteiger partial charge is 0.327 e. The van der Waals surface area contributed by atoms with Crippen molar-refractivity contribution in [2.45, 2.75) is 70.7 Å². The second kappa shape index (κ2) is 8.06. The summed E-state index contributed by atoms with van der Waals surface area (Å²) in [7, 11) is 0. The number of nitrogens with one attached hydrogen (secondary N) is 1. The summed E-state index contributed by atoms with van der Waals surface area (Å²) in [6, 6.07) is 3.11. The van der Waals surface area contributed by atoms with E-state index in [-0.39, 0.29) is 5.91 Å². The zero-order valence-corrected chi connectivity index (χ0v) is 17.2. The van der Waals surface area contributed by atoms with E-state index >= 15 is 0 Å². The summed E-state index contributed by atoms with van der Waals surface area (Å²) in [6.45, 7) is 9.81. The summed E-state index contributed by atoms with van der Waals surface area (Å²) in [4.78, 5) is 15.1. The molecule has 2 heterocycles. The second-order valence-corrected chi connectivity index (χ2v) is 9.17. The zero-order chi connectivity index (χ0) is 18.8. The summed E-state index contributed by atoms with van der Waals surface area (Å²) < 4.78 is 2.22. The number of hydrogen-bond donors (Lipinski definition) is 1. The number of carbonyl (C=O) groups excluding carboxylic acids is 1. The summed E-state index contributed by atoms with van der Waals surface area (Å²) >= 11 is 1.97. The van der Waals surface area contributed by atoms with Gasteiger partial charge in [-0.25, -0.2) is 0 Å². The highest BCUT2D eigenvalue weighted by Crippen LogP contribution is 2.37. The van der Waals surface area contributed by atoms with Gasteiger partial charge in [-0.3, -0.25) is 9.69 Å². The predicted molar refractivity (Wildman–Crippen MR) is 108 cm³/mol. The van der Waals surface area contributed by atoms with Gasteiger partial charge < -0.3 is 9.88 Å². The Morgan fingerprint density at radius 2 is 2.00 bits per heavy atom. The molecule has 26 heavy (non-hydrogen) atoms. The Morgan fingerprint density at radius 1 is 1.31 bits per heavy atom. The molecule has 2 fully saturated rings. The lowest BCUT2D eigenvalue weighted by molar-refractivity contribution is -0.117. The third kappa shape index (κ3) is 3.65. The standard InChI is InChI=1S/C20H30N4OS/c1-13-14(2)24(17-7-5-6-8-17)20(18(13)11-21)22-19(25)12-23-9-10-26-16(4)15(23)3/h15-17H,5-10,12H2,1-4H3,(H,22,25). The SMILES string of the molecule is Cc1c(C#N)c(NC(=O)CN2CCSC(C)C2C)n(C2CCCC2)c1C. The van der Waals surface area contributed by atoms with Gasteiger partial charge in [0.1, 0.15) is 11.9 Å². The zero-order valence-electron chi connectivity index (χ0n) is 16.3. The molecule has 0 spiro atoms. The summed E-state index contributed by atoms with van der Waals surface area (Å²) in [6.07, 6.45) is 4.69. The van der Waals surface area contributed by atoms with E-state index in [2.05, 4.69) is 41.6 Å². The fourth-order valence-electron chi connectivity index (χ4n) is 4.28. The summed E-state index contributed by atoms with van der Waals surface area (Å²) in [5, 5.41) is 13.3. The van der Waals surface area contributed by atoms with Crippen molar-refractivity contribution >= 4 is 23.5 Å². The molecule has 1 saturated heterocycles. The molecule has 3 rings (SSSR count). The molecular formula is C20H30N4OS. The fourth-order valence-corrected chi connectivity index (χ4v) is 5.44. The second-order valence-electron chi connectivity index (χ2n) is 7.69. The summed E-state index contributed by atoms with van der Waals surface area (Å²) in [5.41, 5.74) is 2.73. The Labute approximate surface area is 161 Å². The van der Waals surface area contributed by atoms with E-state index < -0.39 is 0 Å². The van der Waals surface area contributed by atoms with Gasteiger partial charge in [-0.1, -0.05) is 19.8 Å². The van der Waals surface area contributed by atoms with Gasteiger partial charge in [0.15, 0.2) is 0 Å². The van der Waals surface area contributed by atoms with Crippen LogP contribution < -0.4 is 5.32 Å². The number of carbonyl (C=O) groups is 1. The molecule has 1 N–H and O–H groups in total. The van der Waals surface area contributed by atoms with Gasteiger partial charge in [0.05, 0.1) is 12.1 Å². The van der Waals surface area contributed by atoms with Crippen LogP contribution in [0.4, 0.5) is 5.82 Å². The molecule has 142 valence electrons. The number of aromatic nitrogens is 1. The first kappa shape index (κ1) is 19.3. The number of amides is 1. The molecule has 1 aromatic rings. The minimum absolute atomic E-state index is 0.0100. The maximum atomic E-state index is 12.8. The molecule has 1 aliphatic carbocycles. The first-order valence-corrected chi connectivity index (χ1v) is 10.8. The molecule has 1 aromatic heterocycles. The first-order valence-electron chi connectivity index (χ1n) is 9.71. The Morgan fingerprint density at radius 3 is 2.65 bits per heavy atom. The van der Waals surface area contributed by atoms with Crippen molar-refractivity contribution in [3.63, 3.8) is 0 Å². The molecule has 0 aromatic carbocycles. The van der Waals surface area contributed by atoms with Crippen LogP contribution in [0.3, 0.4) is 0 Å². The average Bonchev–Trinajstić information content (AvgIpc) is 3.20. The normalized spacial score (nSPS) is 24.6. The minimum atomic E-state index is -0.0100. The minimum Gasteiger partial charge on any atom is -0.327 e. The smallest absolute Gasteiger partial charge is 0.239 e. The predicted octanol–water partition coefficient (Wildman–Crippen LogP) is 3.86. The van der Waals surface area contributed by atoms with E-state index in [1.807, 2.05) is 18.7 Å². The highest BCUT2D eigenvalue weighted by molar-refractivity contribution is 8.00. The van der Waals surface area contributed by atoms with E-state index in [0.717, 1.165) is 36.4 Å². The maximum absolute atomic E-state index is 12.8. The highest BCUT2D eigenvalue weighted by atomic mass is 32.2. The number of nitriles is 1. The molecule has 6 heteroatoms. The van der Waals surface area contributed by atoms with Crippen LogP contribution in [0.1, 0.15) is 62.4 Å². The molecule has 0 radical (unpaired) electrons. The Bertz CT molecular complexity index is 714. The monoisotopic (exact) mass is 374 g/mol. The third-order valence-electron chi connectivity index (χ3n) is 6.18. The van der Waals surface area contributed by atoms with E-state index in [0.29, 0.717) is 35.3 Å². The lowest BCUT2D eigenvalue weighted by Gasteiger charge is -2.36. The lowest BCUT2D eigenvalue weighted by Crippen LogP contribution is -2.48. The Balaban J connectivity index is 1.81. The summed E-state index contributed by atoms with van der Waals surface area (Å²) in [5.74, 6) is 1.77. The molecular weight excluding hydrogens is 344 g/mol. The van der Waals surface area contributed by atoms with Crippen molar-refractivity contribution in [2.75, 3.05) is 24.2 Å². The first-order chi connectivity index (χ1) is 12.4. The van der Waals surface area contributed by atoms with Crippen LogP contribution in [0.15, 0.2) is 0 Å². The van der Waals surface area contributed by atoms with Gasteiger partial charge in [-0.15, -0.1) is 0 Å². The molecule has 1 saturated carbocycles. The van der Waals surface area contributed by atoms with Crippen molar-refractivity contribution < 1.29 is 4.79 Å². The van der Waals surface area contributed by atoms with E-state index in [1.165, 1.54) is 12.8 Å². The number of nitrogens with zero attached hydrogens (tertiary/aromatic N) is 3. The van der Waals surface area contributed by atoms with Gasteiger partial charge in [-0.05, 0) is 39.2 Å². The van der Waals surface area contributed by atoms with Gasteiger partial charge in [0.25, 0.3) is 0 Å². The third-order valence-corrected chi connectivity index (χ3v) is 7.52. The Kier molecular flexibility index (Phi) is 5.99. The van der Waals surface area contributed by atoms with E-state index in [4.69, 9.17) is 0 Å². The van der Waals surface area contributed by atoms with Crippen LogP contribution in [0.5, 0.6) is 0 Å². The van der Waals surface area contributed by atoms with E-state index in [9.17, 15) is 10.1 Å². The van der Waals surface area contributed by atoms with Gasteiger partial charge >= 0.3 is 0 Å². The van der Waals surface area contributed by atoms with Crippen molar-refractivity contribution in [2.24, 2.45) is 0 Å². The number of thioether (sulfide) groups is 1. The number of hydrogen-bond acceptors (Lipinski definition) is 4. The lowest BCUT2D eigenvalue weighted by atomic mass is 10.2. The van der Waals surface area contributed by atoms with Gasteiger partial charge in [0.2, 0.25) is 5.91 Å². The highest BCUT2D eigenvalue weighted by Gasteiger charge is 2.29. The molecule has 5 nitrogen and oxygen atoms in total. The van der Waals surface area contributed by atoms with Crippen LogP contribution in [-0.2, 0) is 4.79 Å². The van der Waals surface area contributed by atoms with Crippen LogP contribution in [0, 0.1) is 25.2 Å². The molecule has 2 unspecified atom stereocenters. The van der Waals surface area contributed by atoms with Gasteiger partial charge in [0, 0.05) is 35.3 Å². The molecule has 1 amide bonds. The van der Waals surface area contributed by atoms with Crippen LogP contribution >= 0.6 is 11.8 Å². The average molecular weight is 375 g/mol. The molecule has 0 bridgehead atoms. The van der Waals surface area contributed by atoms with Crippen LogP contribution in [-0.4, -0.2) is 45.5 Å². The fraction of sp³-hybridized carbons (Fsp3) is 0.700. The van der Waals surface area contributed by atoms with Crippen molar-refractivity contribution in [1.82, 2.24) is 9.47 Å². The maximum Gasteiger partial charge on any atom is 0.239 e. The molecule has 2 atom stereocenters. The van der Waals surface area contributed by atoms with Crippen molar-refractivity contribution in [1.29, 1.82) is 5.26 Å². The van der Waals surface area contributed by atoms with Crippen molar-refractivity contribution in [3.8, 4) is 6.07 Å². The molecule has 1 aliphatic heterocycles. The van der Waals surface area contributed by atoms with Gasteiger partial charge in [-0.2, -0.15) is 17.0 Å². The van der Waals surface area contributed by atoms with Crippen molar-refractivity contribution in [3.05, 3.63) is 16.8 Å². The quantitative estimate of drug-likeness (QED) is 0.869. The number of rotatable bonds is 4. The van der Waals surface area contributed by atoms with Crippen LogP contribution in [0.25, 0.3) is 0 Å².